The number of pyridine rings is 1. The van der Waals surface area contributed by atoms with Crippen molar-refractivity contribution in [2.75, 3.05) is 18.4 Å². The zero-order valence-electron chi connectivity index (χ0n) is 14.5. The van der Waals surface area contributed by atoms with Crippen LogP contribution >= 0.6 is 0 Å². The molecule has 2 aromatic heterocycles. The number of amides is 2. The average molecular weight is 343 g/mol. The Morgan fingerprint density at radius 1 is 1.32 bits per heavy atom. The minimum Gasteiger partial charge on any atom is -0.393 e. The first-order valence-corrected chi connectivity index (χ1v) is 8.78. The van der Waals surface area contributed by atoms with E-state index in [2.05, 4.69) is 15.4 Å². The van der Waals surface area contributed by atoms with E-state index in [1.807, 2.05) is 36.0 Å². The number of aliphatic hydroxyl groups excluding tert-OH is 1. The zero-order chi connectivity index (χ0) is 17.6. The Morgan fingerprint density at radius 2 is 2.04 bits per heavy atom. The molecular formula is C18H25N5O2. The number of likely N-dealkylation sites (tertiary alicyclic amines) is 1. The highest BCUT2D eigenvalue weighted by Crippen LogP contribution is 2.21. The molecule has 2 aromatic rings. The van der Waals surface area contributed by atoms with Crippen LogP contribution in [-0.2, 0) is 13.0 Å². The maximum absolute atomic E-state index is 12.3. The molecule has 134 valence electrons. The molecule has 7 nitrogen and oxygen atoms in total. The lowest BCUT2D eigenvalue weighted by Gasteiger charge is -2.33. The van der Waals surface area contributed by atoms with E-state index in [1.54, 1.807) is 17.3 Å². The van der Waals surface area contributed by atoms with Gasteiger partial charge in [0.05, 0.1) is 6.10 Å². The Morgan fingerprint density at radius 3 is 2.72 bits per heavy atom. The van der Waals surface area contributed by atoms with Gasteiger partial charge in [-0.3, -0.25) is 15.0 Å². The molecule has 1 fully saturated rings. The molecule has 1 saturated heterocycles. The van der Waals surface area contributed by atoms with E-state index in [9.17, 15) is 9.90 Å². The lowest BCUT2D eigenvalue weighted by molar-refractivity contribution is 0.0820. The van der Waals surface area contributed by atoms with Crippen molar-refractivity contribution in [1.29, 1.82) is 0 Å². The molecule has 3 heterocycles. The van der Waals surface area contributed by atoms with Gasteiger partial charge in [0.25, 0.3) is 0 Å². The van der Waals surface area contributed by atoms with Gasteiger partial charge in [0.1, 0.15) is 0 Å². The summed E-state index contributed by atoms with van der Waals surface area (Å²) in [5.41, 5.74) is 1.21. The van der Waals surface area contributed by atoms with E-state index in [-0.39, 0.29) is 18.1 Å². The van der Waals surface area contributed by atoms with Gasteiger partial charge in [-0.2, -0.15) is 5.10 Å². The third kappa shape index (κ3) is 4.79. The predicted octanol–water partition coefficient (Wildman–Crippen LogP) is 2.15. The predicted molar refractivity (Wildman–Crippen MR) is 95.2 cm³/mol. The monoisotopic (exact) mass is 343 g/mol. The average Bonchev–Trinajstić information content (AvgIpc) is 3.08. The third-order valence-electron chi connectivity index (χ3n) is 4.76. The molecule has 0 aliphatic carbocycles. The fourth-order valence-corrected chi connectivity index (χ4v) is 3.12. The van der Waals surface area contributed by atoms with Gasteiger partial charge in [0.2, 0.25) is 0 Å². The smallest absolute Gasteiger partial charge is 0.323 e. The van der Waals surface area contributed by atoms with E-state index in [4.69, 9.17) is 0 Å². The van der Waals surface area contributed by atoms with Crippen LogP contribution in [-0.4, -0.2) is 50.0 Å². The lowest BCUT2D eigenvalue weighted by atomic mass is 9.92. The van der Waals surface area contributed by atoms with Gasteiger partial charge in [0, 0.05) is 44.3 Å². The summed E-state index contributed by atoms with van der Waals surface area (Å²) in [5, 5.41) is 16.9. The second-order valence-electron chi connectivity index (χ2n) is 6.56. The number of aromatic nitrogens is 3. The second-order valence-corrected chi connectivity index (χ2v) is 6.56. The number of hydrogen-bond donors (Lipinski definition) is 2. The van der Waals surface area contributed by atoms with E-state index < -0.39 is 0 Å². The van der Waals surface area contributed by atoms with E-state index in [1.165, 1.54) is 5.56 Å². The second kappa shape index (κ2) is 8.11. The maximum atomic E-state index is 12.3. The fourth-order valence-electron chi connectivity index (χ4n) is 3.12. The SMILES string of the molecule is CC(O)C1CCN(C(=O)Nc2ccn(CCc3ccncc3)n2)CC1. The van der Waals surface area contributed by atoms with Crippen LogP contribution in [0, 0.1) is 5.92 Å². The van der Waals surface area contributed by atoms with Gasteiger partial charge < -0.3 is 10.0 Å². The third-order valence-corrected chi connectivity index (χ3v) is 4.76. The number of anilines is 1. The van der Waals surface area contributed by atoms with Crippen LogP contribution < -0.4 is 5.32 Å². The number of hydrogen-bond acceptors (Lipinski definition) is 4. The molecule has 1 aliphatic heterocycles. The molecular weight excluding hydrogens is 318 g/mol. The van der Waals surface area contributed by atoms with Crippen LogP contribution in [0.15, 0.2) is 36.8 Å². The standard InChI is InChI=1S/C18H25N5O2/c1-14(24)16-5-10-22(11-6-16)18(25)20-17-7-13-23(21-17)12-4-15-2-8-19-9-3-15/h2-3,7-9,13-14,16,24H,4-6,10-12H2,1H3,(H,20,21,25). The first kappa shape index (κ1) is 17.4. The quantitative estimate of drug-likeness (QED) is 0.871. The van der Waals surface area contributed by atoms with E-state index >= 15 is 0 Å². The molecule has 7 heteroatoms. The topological polar surface area (TPSA) is 83.3 Å². The zero-order valence-corrected chi connectivity index (χ0v) is 14.5. The number of carbonyl (C=O) groups is 1. The Bertz CT molecular complexity index is 678. The Hall–Kier alpha value is -2.41. The molecule has 25 heavy (non-hydrogen) atoms. The molecule has 0 aromatic carbocycles. The minimum atomic E-state index is -0.304. The Balaban J connectivity index is 1.47. The number of carbonyl (C=O) groups excluding carboxylic acids is 1. The largest absolute Gasteiger partial charge is 0.393 e. The molecule has 2 N–H and O–H groups in total. The van der Waals surface area contributed by atoms with Crippen LogP contribution in [0.2, 0.25) is 0 Å². The van der Waals surface area contributed by atoms with E-state index in [0.29, 0.717) is 18.9 Å². The van der Waals surface area contributed by atoms with Crippen LogP contribution in [0.3, 0.4) is 0 Å². The van der Waals surface area contributed by atoms with Crippen LogP contribution in [0.25, 0.3) is 0 Å². The highest BCUT2D eigenvalue weighted by Gasteiger charge is 2.25. The normalized spacial score (nSPS) is 16.6. The molecule has 0 saturated carbocycles. The van der Waals surface area contributed by atoms with Crippen LogP contribution in [0.1, 0.15) is 25.3 Å². The molecule has 2 amide bonds. The summed E-state index contributed by atoms with van der Waals surface area (Å²) in [6.07, 6.45) is 7.68. The van der Waals surface area contributed by atoms with Gasteiger partial charge in [-0.1, -0.05) is 0 Å². The van der Waals surface area contributed by atoms with Gasteiger partial charge in [-0.25, -0.2) is 4.79 Å². The van der Waals surface area contributed by atoms with Crippen molar-refractivity contribution in [2.24, 2.45) is 5.92 Å². The summed E-state index contributed by atoms with van der Waals surface area (Å²) in [4.78, 5) is 18.1. The molecule has 0 radical (unpaired) electrons. The first-order chi connectivity index (χ1) is 12.1. The summed E-state index contributed by atoms with van der Waals surface area (Å²) in [6, 6.07) is 5.67. The van der Waals surface area contributed by atoms with Crippen molar-refractivity contribution in [1.82, 2.24) is 19.7 Å². The van der Waals surface area contributed by atoms with Crippen molar-refractivity contribution in [3.63, 3.8) is 0 Å². The molecule has 1 unspecified atom stereocenters. The number of aliphatic hydroxyl groups is 1. The highest BCUT2D eigenvalue weighted by molar-refractivity contribution is 5.88. The number of nitrogens with zero attached hydrogens (tertiary/aromatic N) is 4. The molecule has 0 bridgehead atoms. The molecule has 3 rings (SSSR count). The maximum Gasteiger partial charge on any atom is 0.323 e. The fraction of sp³-hybridized carbons (Fsp3) is 0.500. The molecule has 1 aliphatic rings. The van der Waals surface area contributed by atoms with Gasteiger partial charge in [-0.15, -0.1) is 0 Å². The van der Waals surface area contributed by atoms with Crippen molar-refractivity contribution >= 4 is 11.8 Å². The number of nitrogens with one attached hydrogen (secondary N) is 1. The molecule has 0 spiro atoms. The Labute approximate surface area is 147 Å². The van der Waals surface area contributed by atoms with Gasteiger partial charge in [0.15, 0.2) is 5.82 Å². The Kier molecular flexibility index (Phi) is 5.65. The number of urea groups is 1. The van der Waals surface area contributed by atoms with Crippen LogP contribution in [0.5, 0.6) is 0 Å². The summed E-state index contributed by atoms with van der Waals surface area (Å²) in [5.74, 6) is 0.855. The number of rotatable bonds is 5. The summed E-state index contributed by atoms with van der Waals surface area (Å²) >= 11 is 0. The lowest BCUT2D eigenvalue weighted by Crippen LogP contribution is -2.42. The van der Waals surface area contributed by atoms with Crippen molar-refractivity contribution < 1.29 is 9.90 Å². The summed E-state index contributed by atoms with van der Waals surface area (Å²) in [6.45, 7) is 3.91. The first-order valence-electron chi connectivity index (χ1n) is 8.78. The van der Waals surface area contributed by atoms with Gasteiger partial charge >= 0.3 is 6.03 Å². The van der Waals surface area contributed by atoms with E-state index in [0.717, 1.165) is 25.8 Å². The van der Waals surface area contributed by atoms with Crippen molar-refractivity contribution in [2.45, 2.75) is 38.8 Å². The van der Waals surface area contributed by atoms with Crippen LogP contribution in [0.4, 0.5) is 10.6 Å². The summed E-state index contributed by atoms with van der Waals surface area (Å²) < 4.78 is 1.83. The number of piperidine rings is 1. The van der Waals surface area contributed by atoms with Crippen molar-refractivity contribution in [3.8, 4) is 0 Å². The van der Waals surface area contributed by atoms with Crippen molar-refractivity contribution in [3.05, 3.63) is 42.4 Å². The highest BCUT2D eigenvalue weighted by atomic mass is 16.3. The summed E-state index contributed by atoms with van der Waals surface area (Å²) in [7, 11) is 0. The minimum absolute atomic E-state index is 0.122. The van der Waals surface area contributed by atoms with Gasteiger partial charge in [-0.05, 0) is 49.8 Å². The number of aryl methyl sites for hydroxylation is 2. The molecule has 1 atom stereocenters.